The second kappa shape index (κ2) is 6.60. The van der Waals surface area contributed by atoms with Gasteiger partial charge in [0, 0.05) is 30.1 Å². The van der Waals surface area contributed by atoms with Crippen LogP contribution in [0.4, 0.5) is 5.95 Å². The molecule has 128 valence electrons. The van der Waals surface area contributed by atoms with Gasteiger partial charge in [-0.15, -0.1) is 5.10 Å². The lowest BCUT2D eigenvalue weighted by Gasteiger charge is -2.29. The fourth-order valence-electron chi connectivity index (χ4n) is 2.97. The first-order valence-corrected chi connectivity index (χ1v) is 8.29. The van der Waals surface area contributed by atoms with Gasteiger partial charge in [0.1, 0.15) is 0 Å². The highest BCUT2D eigenvalue weighted by Crippen LogP contribution is 2.26. The molecule has 0 saturated carbocycles. The van der Waals surface area contributed by atoms with E-state index in [4.69, 9.17) is 11.6 Å². The van der Waals surface area contributed by atoms with Crippen molar-refractivity contribution in [3.05, 3.63) is 35.4 Å². The predicted octanol–water partition coefficient (Wildman–Crippen LogP) is 1.62. The topological polar surface area (TPSA) is 116 Å². The zero-order chi connectivity index (χ0) is 17.2. The normalized spacial score (nSPS) is 17.9. The molecular weight excluding hydrogens is 344 g/mol. The summed E-state index contributed by atoms with van der Waals surface area (Å²) < 4.78 is 0. The maximum atomic E-state index is 12.8. The summed E-state index contributed by atoms with van der Waals surface area (Å²) in [4.78, 5) is 18.9. The van der Waals surface area contributed by atoms with E-state index >= 15 is 0 Å². The molecule has 1 aliphatic rings. The van der Waals surface area contributed by atoms with Crippen LogP contribution in [0.2, 0.25) is 5.15 Å². The maximum Gasteiger partial charge on any atom is 0.251 e. The fourth-order valence-corrected chi connectivity index (χ4v) is 3.15. The maximum absolute atomic E-state index is 12.8. The number of H-pyrrole nitrogens is 2. The second-order valence-electron chi connectivity index (χ2n) is 5.86. The summed E-state index contributed by atoms with van der Waals surface area (Å²) in [6.45, 7) is 0.602. The molecule has 1 amide bonds. The van der Waals surface area contributed by atoms with Gasteiger partial charge >= 0.3 is 0 Å². The summed E-state index contributed by atoms with van der Waals surface area (Å²) in [6.07, 6.45) is 5.44. The third-order valence-electron chi connectivity index (χ3n) is 4.19. The molecule has 0 aromatic carbocycles. The molecule has 1 unspecified atom stereocenters. The Kier molecular flexibility index (Phi) is 4.14. The Bertz CT molecular complexity index is 877. The second-order valence-corrected chi connectivity index (χ2v) is 6.25. The zero-order valence-corrected chi connectivity index (χ0v) is 13.9. The van der Waals surface area contributed by atoms with Crippen molar-refractivity contribution in [2.24, 2.45) is 5.92 Å². The molecule has 1 atom stereocenters. The lowest BCUT2D eigenvalue weighted by molar-refractivity contribution is -0.123. The number of aromatic amines is 2. The fraction of sp³-hybridized carbons (Fsp3) is 0.333. The van der Waals surface area contributed by atoms with Crippen LogP contribution >= 0.6 is 11.6 Å². The van der Waals surface area contributed by atoms with Crippen LogP contribution in [-0.2, 0) is 11.2 Å². The summed E-state index contributed by atoms with van der Waals surface area (Å²) in [5, 5.41) is 21.7. The first-order valence-electron chi connectivity index (χ1n) is 7.91. The van der Waals surface area contributed by atoms with Crippen LogP contribution in [0.15, 0.2) is 24.5 Å². The Morgan fingerprint density at radius 2 is 2.20 bits per heavy atom. The van der Waals surface area contributed by atoms with E-state index in [0.717, 1.165) is 24.1 Å². The van der Waals surface area contributed by atoms with Crippen LogP contribution in [0.5, 0.6) is 0 Å². The molecule has 1 fully saturated rings. The first-order chi connectivity index (χ1) is 12.2. The average molecular weight is 359 g/mol. The summed E-state index contributed by atoms with van der Waals surface area (Å²) in [7, 11) is 0. The van der Waals surface area contributed by atoms with E-state index in [9.17, 15) is 4.79 Å². The van der Waals surface area contributed by atoms with E-state index in [1.165, 1.54) is 0 Å². The van der Waals surface area contributed by atoms with E-state index in [0.29, 0.717) is 29.9 Å². The monoisotopic (exact) mass is 358 g/mol. The molecule has 3 aromatic rings. The lowest BCUT2D eigenvalue weighted by atomic mass is 9.92. The minimum absolute atomic E-state index is 0.00961. The Morgan fingerprint density at radius 1 is 1.28 bits per heavy atom. The SMILES string of the molecule is O=C1C(Cc2cc(Cl)n[nH]2)CCCN1c1n[nH]c(-c2ccnnc2)n1. The van der Waals surface area contributed by atoms with Crippen molar-refractivity contribution in [1.82, 2.24) is 35.6 Å². The van der Waals surface area contributed by atoms with Gasteiger partial charge in [-0.05, 0) is 25.0 Å². The van der Waals surface area contributed by atoms with Gasteiger partial charge in [0.25, 0.3) is 5.95 Å². The smallest absolute Gasteiger partial charge is 0.251 e. The number of anilines is 1. The molecule has 25 heavy (non-hydrogen) atoms. The third kappa shape index (κ3) is 3.22. The largest absolute Gasteiger partial charge is 0.281 e. The molecule has 1 aliphatic heterocycles. The van der Waals surface area contributed by atoms with E-state index < -0.39 is 0 Å². The molecule has 0 aliphatic carbocycles. The number of nitrogens with zero attached hydrogens (tertiary/aromatic N) is 6. The quantitative estimate of drug-likeness (QED) is 0.732. The number of carbonyl (C=O) groups excluding carboxylic acids is 1. The number of aromatic nitrogens is 7. The van der Waals surface area contributed by atoms with Crippen molar-refractivity contribution < 1.29 is 4.79 Å². The predicted molar refractivity (Wildman–Crippen MR) is 89.8 cm³/mol. The van der Waals surface area contributed by atoms with Crippen LogP contribution in [0.3, 0.4) is 0 Å². The molecule has 1 saturated heterocycles. The summed E-state index contributed by atoms with van der Waals surface area (Å²) in [5.74, 6) is 0.800. The highest BCUT2D eigenvalue weighted by Gasteiger charge is 2.32. The highest BCUT2D eigenvalue weighted by atomic mass is 35.5. The molecule has 10 heteroatoms. The number of halogens is 1. The molecule has 0 radical (unpaired) electrons. The minimum Gasteiger partial charge on any atom is -0.281 e. The summed E-state index contributed by atoms with van der Waals surface area (Å²) in [6, 6.07) is 3.52. The lowest BCUT2D eigenvalue weighted by Crippen LogP contribution is -2.42. The van der Waals surface area contributed by atoms with Gasteiger partial charge in [0.2, 0.25) is 5.91 Å². The van der Waals surface area contributed by atoms with Crippen molar-refractivity contribution in [3.63, 3.8) is 0 Å². The molecule has 4 heterocycles. The van der Waals surface area contributed by atoms with Crippen LogP contribution in [-0.4, -0.2) is 48.0 Å². The molecule has 3 aromatic heterocycles. The number of hydrogen-bond acceptors (Lipinski definition) is 6. The Morgan fingerprint density at radius 3 is 2.96 bits per heavy atom. The summed E-state index contributed by atoms with van der Waals surface area (Å²) in [5.41, 5.74) is 1.62. The third-order valence-corrected chi connectivity index (χ3v) is 4.38. The van der Waals surface area contributed by atoms with Gasteiger partial charge in [-0.2, -0.15) is 20.3 Å². The molecule has 9 nitrogen and oxygen atoms in total. The molecule has 0 spiro atoms. The molecule has 4 rings (SSSR count). The van der Waals surface area contributed by atoms with Crippen LogP contribution in [0, 0.1) is 5.92 Å². The zero-order valence-electron chi connectivity index (χ0n) is 13.2. The van der Waals surface area contributed by atoms with Crippen molar-refractivity contribution >= 4 is 23.5 Å². The highest BCUT2D eigenvalue weighted by molar-refractivity contribution is 6.29. The Balaban J connectivity index is 1.52. The minimum atomic E-state index is -0.144. The Hall–Kier alpha value is -2.81. The van der Waals surface area contributed by atoms with Crippen molar-refractivity contribution in [2.75, 3.05) is 11.4 Å². The first kappa shape index (κ1) is 15.7. The number of rotatable bonds is 4. The number of piperidine rings is 1. The average Bonchev–Trinajstić information content (AvgIpc) is 3.27. The van der Waals surface area contributed by atoms with Crippen molar-refractivity contribution in [1.29, 1.82) is 0 Å². The van der Waals surface area contributed by atoms with Gasteiger partial charge < -0.3 is 0 Å². The number of amides is 1. The van der Waals surface area contributed by atoms with Gasteiger partial charge in [-0.1, -0.05) is 11.6 Å². The molecule has 0 bridgehead atoms. The van der Waals surface area contributed by atoms with Gasteiger partial charge in [0.05, 0.1) is 12.4 Å². The van der Waals surface area contributed by atoms with E-state index in [1.54, 1.807) is 29.4 Å². The van der Waals surface area contributed by atoms with Crippen molar-refractivity contribution in [3.8, 4) is 11.4 Å². The van der Waals surface area contributed by atoms with Crippen LogP contribution < -0.4 is 4.90 Å². The van der Waals surface area contributed by atoms with Gasteiger partial charge in [-0.25, -0.2) is 0 Å². The van der Waals surface area contributed by atoms with Crippen molar-refractivity contribution in [2.45, 2.75) is 19.3 Å². The van der Waals surface area contributed by atoms with E-state index in [1.807, 2.05) is 0 Å². The standard InChI is InChI=1S/C15H15ClN8O/c16-12-7-11(20-21-12)6-9-2-1-5-24(14(9)25)15-19-13(22-23-15)10-3-4-17-18-8-10/h3-4,7-9H,1-2,5-6H2,(H,20,21)(H,19,22,23). The van der Waals surface area contributed by atoms with Crippen LogP contribution in [0.1, 0.15) is 18.5 Å². The van der Waals surface area contributed by atoms with Crippen LogP contribution in [0.25, 0.3) is 11.4 Å². The number of hydrogen-bond donors (Lipinski definition) is 2. The number of carbonyl (C=O) groups is 1. The Labute approximate surface area is 147 Å². The summed E-state index contributed by atoms with van der Waals surface area (Å²) >= 11 is 5.83. The van der Waals surface area contributed by atoms with Gasteiger partial charge in [0.15, 0.2) is 11.0 Å². The molecule has 2 N–H and O–H groups in total. The van der Waals surface area contributed by atoms with E-state index in [2.05, 4.69) is 35.6 Å². The molecular formula is C15H15ClN8O. The van der Waals surface area contributed by atoms with E-state index in [-0.39, 0.29) is 11.8 Å². The van der Waals surface area contributed by atoms with Gasteiger partial charge in [-0.3, -0.25) is 19.9 Å². The number of nitrogens with one attached hydrogen (secondary N) is 2.